The minimum absolute atomic E-state index is 0.235. The lowest BCUT2D eigenvalue weighted by atomic mass is 10.0. The number of hydrogen-bond donors (Lipinski definition) is 1. The highest BCUT2D eigenvalue weighted by Crippen LogP contribution is 2.28. The smallest absolute Gasteiger partial charge is 0.0897 e. The minimum Gasteiger partial charge on any atom is -0.373 e. The summed E-state index contributed by atoms with van der Waals surface area (Å²) in [6.07, 6.45) is 6.63. The average Bonchev–Trinajstić information content (AvgIpc) is 2.93. The maximum absolute atomic E-state index is 6.13. The van der Waals surface area contributed by atoms with E-state index in [0.717, 1.165) is 19.7 Å². The number of rotatable bonds is 4. The summed E-state index contributed by atoms with van der Waals surface area (Å²) in [4.78, 5) is 6.83. The Labute approximate surface area is 115 Å². The van der Waals surface area contributed by atoms with Gasteiger partial charge in [0.15, 0.2) is 0 Å². The van der Waals surface area contributed by atoms with Gasteiger partial charge < -0.3 is 10.1 Å². The number of hydrogen-bond acceptors (Lipinski definition) is 4. The molecule has 1 aromatic rings. The van der Waals surface area contributed by atoms with Gasteiger partial charge in [0.1, 0.15) is 0 Å². The number of aromatic nitrogens is 1. The molecule has 2 saturated heterocycles. The lowest BCUT2D eigenvalue weighted by molar-refractivity contribution is -0.0651. The van der Waals surface area contributed by atoms with Crippen molar-refractivity contribution in [2.24, 2.45) is 0 Å². The molecule has 3 rings (SSSR count). The van der Waals surface area contributed by atoms with Crippen LogP contribution in [0.4, 0.5) is 0 Å². The standard InChI is InChI=1S/C15H23N3O/c1-2-17-15(12-5-3-7-16-9-12)14-10-18-8-4-6-13(18)11-19-14/h3,5,7,9,13-15,17H,2,4,6,8,10-11H2,1H3. The molecule has 1 aromatic heterocycles. The number of nitrogens with one attached hydrogen (secondary N) is 1. The van der Waals surface area contributed by atoms with Gasteiger partial charge in [-0.3, -0.25) is 9.88 Å². The van der Waals surface area contributed by atoms with Gasteiger partial charge >= 0.3 is 0 Å². The van der Waals surface area contributed by atoms with Crippen molar-refractivity contribution in [3.8, 4) is 0 Å². The third kappa shape index (κ3) is 2.81. The van der Waals surface area contributed by atoms with Gasteiger partial charge in [0, 0.05) is 25.0 Å². The Hall–Kier alpha value is -0.970. The Bertz CT molecular complexity index is 398. The molecule has 0 bridgehead atoms. The highest BCUT2D eigenvalue weighted by molar-refractivity contribution is 5.16. The fourth-order valence-electron chi connectivity index (χ4n) is 3.29. The van der Waals surface area contributed by atoms with Crippen LogP contribution in [-0.4, -0.2) is 48.3 Å². The zero-order valence-electron chi connectivity index (χ0n) is 11.6. The lowest BCUT2D eigenvalue weighted by Crippen LogP contribution is -2.50. The predicted octanol–water partition coefficient (Wildman–Crippen LogP) is 1.60. The van der Waals surface area contributed by atoms with Crippen molar-refractivity contribution in [2.45, 2.75) is 38.0 Å². The van der Waals surface area contributed by atoms with Crippen LogP contribution in [0.1, 0.15) is 31.4 Å². The Morgan fingerprint density at radius 3 is 3.32 bits per heavy atom. The summed E-state index contributed by atoms with van der Waals surface area (Å²) >= 11 is 0. The summed E-state index contributed by atoms with van der Waals surface area (Å²) in [5.41, 5.74) is 1.23. The van der Waals surface area contributed by atoms with Crippen molar-refractivity contribution in [3.05, 3.63) is 30.1 Å². The second-order valence-corrected chi connectivity index (χ2v) is 5.48. The molecule has 3 atom stereocenters. The molecule has 0 aliphatic carbocycles. The van der Waals surface area contributed by atoms with Crippen molar-refractivity contribution in [3.63, 3.8) is 0 Å². The molecule has 0 radical (unpaired) electrons. The van der Waals surface area contributed by atoms with Crippen molar-refractivity contribution in [1.29, 1.82) is 0 Å². The van der Waals surface area contributed by atoms with Crippen LogP contribution in [0.3, 0.4) is 0 Å². The van der Waals surface area contributed by atoms with E-state index in [9.17, 15) is 0 Å². The fourth-order valence-corrected chi connectivity index (χ4v) is 3.29. The zero-order chi connectivity index (χ0) is 13.1. The third-order valence-electron chi connectivity index (χ3n) is 4.26. The van der Waals surface area contributed by atoms with Crippen molar-refractivity contribution >= 4 is 0 Å². The normalized spacial score (nSPS) is 29.1. The van der Waals surface area contributed by atoms with Gasteiger partial charge in [-0.2, -0.15) is 0 Å². The molecule has 4 nitrogen and oxygen atoms in total. The quantitative estimate of drug-likeness (QED) is 0.893. The van der Waals surface area contributed by atoms with Gasteiger partial charge in [0.2, 0.25) is 0 Å². The summed E-state index contributed by atoms with van der Waals surface area (Å²) in [7, 11) is 0. The first-order chi connectivity index (χ1) is 9.38. The second kappa shape index (κ2) is 5.99. The number of morpholine rings is 1. The van der Waals surface area contributed by atoms with Gasteiger partial charge in [-0.1, -0.05) is 13.0 Å². The average molecular weight is 261 g/mol. The van der Waals surface area contributed by atoms with E-state index in [1.54, 1.807) is 0 Å². The molecule has 0 saturated carbocycles. The molecule has 0 aromatic carbocycles. The first-order valence-electron chi connectivity index (χ1n) is 7.37. The minimum atomic E-state index is 0.235. The van der Waals surface area contributed by atoms with Gasteiger partial charge in [-0.15, -0.1) is 0 Å². The molecule has 3 unspecified atom stereocenters. The number of pyridine rings is 1. The molecule has 19 heavy (non-hydrogen) atoms. The summed E-state index contributed by atoms with van der Waals surface area (Å²) in [6.45, 7) is 6.24. The highest BCUT2D eigenvalue weighted by Gasteiger charge is 2.36. The zero-order valence-corrected chi connectivity index (χ0v) is 11.6. The van der Waals surface area contributed by atoms with E-state index >= 15 is 0 Å². The summed E-state index contributed by atoms with van der Waals surface area (Å²) in [5, 5.41) is 3.56. The first kappa shape index (κ1) is 13.0. The van der Waals surface area contributed by atoms with E-state index in [1.807, 2.05) is 18.5 Å². The van der Waals surface area contributed by atoms with E-state index in [1.165, 1.54) is 24.9 Å². The van der Waals surface area contributed by atoms with E-state index in [4.69, 9.17) is 4.74 Å². The fraction of sp³-hybridized carbons (Fsp3) is 0.667. The van der Waals surface area contributed by atoms with Gasteiger partial charge in [0.25, 0.3) is 0 Å². The van der Waals surface area contributed by atoms with Crippen molar-refractivity contribution in [1.82, 2.24) is 15.2 Å². The molecular weight excluding hydrogens is 238 g/mol. The lowest BCUT2D eigenvalue weighted by Gasteiger charge is -2.39. The van der Waals surface area contributed by atoms with Crippen LogP contribution in [0.15, 0.2) is 24.5 Å². The monoisotopic (exact) mass is 261 g/mol. The second-order valence-electron chi connectivity index (χ2n) is 5.48. The van der Waals surface area contributed by atoms with Crippen LogP contribution >= 0.6 is 0 Å². The summed E-state index contributed by atoms with van der Waals surface area (Å²) < 4.78 is 6.13. The maximum atomic E-state index is 6.13. The third-order valence-corrected chi connectivity index (χ3v) is 4.26. The Kier molecular flexibility index (Phi) is 4.11. The molecule has 1 N–H and O–H groups in total. The first-order valence-corrected chi connectivity index (χ1v) is 7.37. The Balaban J connectivity index is 1.73. The van der Waals surface area contributed by atoms with Crippen molar-refractivity contribution in [2.75, 3.05) is 26.2 Å². The predicted molar refractivity (Wildman–Crippen MR) is 75.0 cm³/mol. The van der Waals surface area contributed by atoms with Crippen molar-refractivity contribution < 1.29 is 4.74 Å². The molecule has 2 aliphatic heterocycles. The Morgan fingerprint density at radius 2 is 2.53 bits per heavy atom. The van der Waals surface area contributed by atoms with Crippen LogP contribution in [0, 0.1) is 0 Å². The van der Waals surface area contributed by atoms with Gasteiger partial charge in [-0.05, 0) is 37.6 Å². The maximum Gasteiger partial charge on any atom is 0.0897 e. The summed E-state index contributed by atoms with van der Waals surface area (Å²) in [5.74, 6) is 0. The molecule has 2 aliphatic rings. The van der Waals surface area contributed by atoms with E-state index in [-0.39, 0.29) is 12.1 Å². The van der Waals surface area contributed by atoms with Crippen LogP contribution in [-0.2, 0) is 4.74 Å². The molecule has 104 valence electrons. The van der Waals surface area contributed by atoms with Crippen LogP contribution < -0.4 is 5.32 Å². The summed E-state index contributed by atoms with van der Waals surface area (Å²) in [6, 6.07) is 5.05. The molecule has 0 amide bonds. The van der Waals surface area contributed by atoms with E-state index in [2.05, 4.69) is 28.2 Å². The van der Waals surface area contributed by atoms with E-state index < -0.39 is 0 Å². The number of likely N-dealkylation sites (N-methyl/N-ethyl adjacent to an activating group) is 1. The highest BCUT2D eigenvalue weighted by atomic mass is 16.5. The van der Waals surface area contributed by atoms with Crippen LogP contribution in [0.5, 0.6) is 0 Å². The number of ether oxygens (including phenoxy) is 1. The van der Waals surface area contributed by atoms with Gasteiger partial charge in [0.05, 0.1) is 18.8 Å². The number of nitrogens with zero attached hydrogens (tertiary/aromatic N) is 2. The SMILES string of the molecule is CCNC(c1cccnc1)C1CN2CCCC2CO1. The van der Waals surface area contributed by atoms with Gasteiger partial charge in [-0.25, -0.2) is 0 Å². The largest absolute Gasteiger partial charge is 0.373 e. The van der Waals surface area contributed by atoms with Crippen LogP contribution in [0.2, 0.25) is 0 Å². The Morgan fingerprint density at radius 1 is 1.58 bits per heavy atom. The topological polar surface area (TPSA) is 37.4 Å². The molecule has 3 heterocycles. The van der Waals surface area contributed by atoms with E-state index in [0.29, 0.717) is 6.04 Å². The number of fused-ring (bicyclic) bond motifs is 1. The molecule has 2 fully saturated rings. The molecular formula is C15H23N3O. The van der Waals surface area contributed by atoms with Crippen LogP contribution in [0.25, 0.3) is 0 Å². The molecule has 4 heteroatoms. The molecule has 0 spiro atoms.